The smallest absolute Gasteiger partial charge is 0.162 e. The SMILES string of the molecule is CCCCC(=O)c1ccc(C(N)N2N=C(c3ccc(OC)c(OC4CCCC4)c3)CCC2C=O)cc1. The molecule has 0 amide bonds. The summed E-state index contributed by atoms with van der Waals surface area (Å²) >= 11 is 0. The number of benzene rings is 2. The van der Waals surface area contributed by atoms with Gasteiger partial charge in [-0.2, -0.15) is 5.10 Å². The summed E-state index contributed by atoms with van der Waals surface area (Å²) in [6.45, 7) is 2.07. The number of hydrazone groups is 1. The Morgan fingerprint density at radius 3 is 2.56 bits per heavy atom. The molecule has 2 atom stereocenters. The number of rotatable bonds is 11. The molecule has 2 aliphatic rings. The monoisotopic (exact) mass is 491 g/mol. The molecule has 1 heterocycles. The zero-order valence-corrected chi connectivity index (χ0v) is 21.3. The van der Waals surface area contributed by atoms with Crippen LogP contribution in [-0.2, 0) is 4.79 Å². The Labute approximate surface area is 213 Å². The van der Waals surface area contributed by atoms with Crippen molar-refractivity contribution in [2.24, 2.45) is 10.8 Å². The van der Waals surface area contributed by atoms with Crippen LogP contribution in [0.25, 0.3) is 0 Å². The first kappa shape index (κ1) is 25.9. The van der Waals surface area contributed by atoms with Gasteiger partial charge in [0.05, 0.1) is 18.9 Å². The summed E-state index contributed by atoms with van der Waals surface area (Å²) in [4.78, 5) is 24.2. The van der Waals surface area contributed by atoms with Crippen molar-refractivity contribution in [3.05, 3.63) is 59.2 Å². The number of hydrogen-bond acceptors (Lipinski definition) is 7. The van der Waals surface area contributed by atoms with E-state index in [1.54, 1.807) is 12.1 Å². The number of Topliss-reactive ketones (excluding diaryl/α,β-unsaturated/α-hetero) is 1. The number of ketones is 1. The summed E-state index contributed by atoms with van der Waals surface area (Å²) < 4.78 is 11.8. The van der Waals surface area contributed by atoms with Crippen LogP contribution in [0.1, 0.15) is 92.4 Å². The fourth-order valence-electron chi connectivity index (χ4n) is 4.92. The van der Waals surface area contributed by atoms with Crippen LogP contribution in [0, 0.1) is 0 Å². The quantitative estimate of drug-likeness (QED) is 0.333. The normalized spacial score (nSPS) is 19.0. The molecule has 1 saturated carbocycles. The van der Waals surface area contributed by atoms with Gasteiger partial charge in [-0.25, -0.2) is 0 Å². The third-order valence-electron chi connectivity index (χ3n) is 7.12. The lowest BCUT2D eigenvalue weighted by Gasteiger charge is -2.35. The number of hydrogen-bond donors (Lipinski definition) is 1. The van der Waals surface area contributed by atoms with Gasteiger partial charge in [0.1, 0.15) is 18.5 Å². The molecule has 2 aromatic carbocycles. The molecule has 0 saturated heterocycles. The topological polar surface area (TPSA) is 94.2 Å². The Balaban J connectivity index is 1.56. The summed E-state index contributed by atoms with van der Waals surface area (Å²) in [6.07, 6.45) is 8.69. The molecule has 7 heteroatoms. The second-order valence-corrected chi connectivity index (χ2v) is 9.65. The molecule has 2 unspecified atom stereocenters. The van der Waals surface area contributed by atoms with Gasteiger partial charge in [0.15, 0.2) is 17.3 Å². The molecule has 192 valence electrons. The molecule has 0 spiro atoms. The van der Waals surface area contributed by atoms with Gasteiger partial charge >= 0.3 is 0 Å². The second kappa shape index (κ2) is 12.2. The summed E-state index contributed by atoms with van der Waals surface area (Å²) in [5.41, 5.74) is 9.87. The van der Waals surface area contributed by atoms with E-state index < -0.39 is 12.2 Å². The zero-order chi connectivity index (χ0) is 25.5. The maximum atomic E-state index is 12.3. The average Bonchev–Trinajstić information content (AvgIpc) is 3.44. The minimum Gasteiger partial charge on any atom is -0.493 e. The molecule has 0 bridgehead atoms. The number of nitrogens with two attached hydrogens (primary N) is 1. The molecule has 2 N–H and O–H groups in total. The third-order valence-corrected chi connectivity index (χ3v) is 7.12. The summed E-state index contributed by atoms with van der Waals surface area (Å²) in [6, 6.07) is 12.8. The van der Waals surface area contributed by atoms with Crippen molar-refractivity contribution in [2.45, 2.75) is 83.0 Å². The average molecular weight is 492 g/mol. The lowest BCUT2D eigenvalue weighted by atomic mass is 9.99. The van der Waals surface area contributed by atoms with Crippen molar-refractivity contribution in [1.29, 1.82) is 0 Å². The highest BCUT2D eigenvalue weighted by molar-refractivity contribution is 6.01. The molecular weight excluding hydrogens is 454 g/mol. The van der Waals surface area contributed by atoms with Gasteiger partial charge in [-0.05, 0) is 68.7 Å². The first-order valence-electron chi connectivity index (χ1n) is 13.1. The van der Waals surface area contributed by atoms with Crippen molar-refractivity contribution in [1.82, 2.24) is 5.01 Å². The summed E-state index contributed by atoms with van der Waals surface area (Å²) in [5.74, 6) is 1.56. The largest absolute Gasteiger partial charge is 0.493 e. The maximum Gasteiger partial charge on any atom is 0.162 e. The maximum absolute atomic E-state index is 12.3. The van der Waals surface area contributed by atoms with E-state index in [-0.39, 0.29) is 11.9 Å². The highest BCUT2D eigenvalue weighted by Gasteiger charge is 2.29. The first-order valence-corrected chi connectivity index (χ1v) is 13.1. The predicted molar refractivity (Wildman–Crippen MR) is 141 cm³/mol. The van der Waals surface area contributed by atoms with Crippen LogP contribution in [0.2, 0.25) is 0 Å². The lowest BCUT2D eigenvalue weighted by Crippen LogP contribution is -2.43. The Kier molecular flexibility index (Phi) is 8.75. The third kappa shape index (κ3) is 5.95. The van der Waals surface area contributed by atoms with Gasteiger partial charge in [-0.3, -0.25) is 9.80 Å². The molecule has 1 aliphatic heterocycles. The van der Waals surface area contributed by atoms with Crippen LogP contribution < -0.4 is 15.2 Å². The molecule has 1 fully saturated rings. The highest BCUT2D eigenvalue weighted by Crippen LogP contribution is 2.34. The van der Waals surface area contributed by atoms with Crippen molar-refractivity contribution in [2.75, 3.05) is 7.11 Å². The number of nitrogens with zero attached hydrogens (tertiary/aromatic N) is 2. The second-order valence-electron chi connectivity index (χ2n) is 9.65. The zero-order valence-electron chi connectivity index (χ0n) is 21.3. The Morgan fingerprint density at radius 2 is 1.89 bits per heavy atom. The van der Waals surface area contributed by atoms with Crippen molar-refractivity contribution in [3.8, 4) is 11.5 Å². The number of ether oxygens (including phenoxy) is 2. The van der Waals surface area contributed by atoms with Crippen LogP contribution in [-0.4, -0.2) is 42.0 Å². The van der Waals surface area contributed by atoms with E-state index in [0.29, 0.717) is 30.6 Å². The van der Waals surface area contributed by atoms with Gasteiger partial charge in [0, 0.05) is 17.5 Å². The fraction of sp³-hybridized carbons (Fsp3) is 0.483. The molecule has 2 aromatic rings. The molecule has 1 aliphatic carbocycles. The number of methoxy groups -OCH3 is 1. The van der Waals surface area contributed by atoms with Crippen molar-refractivity contribution in [3.63, 3.8) is 0 Å². The van der Waals surface area contributed by atoms with Crippen LogP contribution in [0.3, 0.4) is 0 Å². The highest BCUT2D eigenvalue weighted by atomic mass is 16.5. The minimum atomic E-state index is -0.609. The summed E-state index contributed by atoms with van der Waals surface area (Å²) in [5, 5.41) is 6.52. The van der Waals surface area contributed by atoms with E-state index >= 15 is 0 Å². The molecule has 7 nitrogen and oxygen atoms in total. The van der Waals surface area contributed by atoms with Gasteiger partial charge in [0.25, 0.3) is 0 Å². The van der Waals surface area contributed by atoms with Gasteiger partial charge in [0.2, 0.25) is 0 Å². The molecule has 0 aromatic heterocycles. The Bertz CT molecular complexity index is 1080. The van der Waals surface area contributed by atoms with Gasteiger partial charge in [-0.1, -0.05) is 37.6 Å². The van der Waals surface area contributed by atoms with Crippen LogP contribution in [0.4, 0.5) is 0 Å². The Hall–Kier alpha value is -3.19. The molecule has 0 radical (unpaired) electrons. The van der Waals surface area contributed by atoms with Gasteiger partial charge in [-0.15, -0.1) is 0 Å². The lowest BCUT2D eigenvalue weighted by molar-refractivity contribution is -0.113. The van der Waals surface area contributed by atoms with E-state index in [4.69, 9.17) is 20.3 Å². The van der Waals surface area contributed by atoms with E-state index in [2.05, 4.69) is 6.92 Å². The molecule has 4 rings (SSSR count). The van der Waals surface area contributed by atoms with Crippen molar-refractivity contribution >= 4 is 17.8 Å². The van der Waals surface area contributed by atoms with Crippen LogP contribution in [0.15, 0.2) is 47.6 Å². The van der Waals surface area contributed by atoms with E-state index in [1.165, 1.54) is 12.8 Å². The summed E-state index contributed by atoms with van der Waals surface area (Å²) in [7, 11) is 1.65. The van der Waals surface area contributed by atoms with Gasteiger partial charge < -0.3 is 20.0 Å². The predicted octanol–water partition coefficient (Wildman–Crippen LogP) is 5.41. The minimum absolute atomic E-state index is 0.135. The van der Waals surface area contributed by atoms with Crippen molar-refractivity contribution < 1.29 is 19.1 Å². The first-order chi connectivity index (χ1) is 17.5. The van der Waals surface area contributed by atoms with E-state index in [0.717, 1.165) is 54.6 Å². The van der Waals surface area contributed by atoms with E-state index in [1.807, 2.05) is 42.5 Å². The van der Waals surface area contributed by atoms with Crippen LogP contribution in [0.5, 0.6) is 11.5 Å². The number of carbonyl (C=O) groups excluding carboxylic acids is 2. The standard InChI is InChI=1S/C29H37N3O4/c1-3-4-9-26(34)20-10-12-21(13-11-20)29(30)32-23(19-33)15-16-25(31-32)22-14-17-27(35-2)28(18-22)36-24-7-5-6-8-24/h10-14,17-19,23-24,29H,3-9,15-16,30H2,1-2H3. The fourth-order valence-corrected chi connectivity index (χ4v) is 4.92. The molecule has 36 heavy (non-hydrogen) atoms. The number of unbranched alkanes of at least 4 members (excludes halogenated alkanes) is 1. The van der Waals surface area contributed by atoms with E-state index in [9.17, 15) is 9.59 Å². The number of aldehydes is 1. The Morgan fingerprint density at radius 1 is 1.14 bits per heavy atom. The molecular formula is C29H37N3O4. The van der Waals surface area contributed by atoms with Crippen LogP contribution >= 0.6 is 0 Å². The number of carbonyl (C=O) groups is 2.